The molecule has 1 aliphatic rings. The third-order valence-electron chi connectivity index (χ3n) is 4.43. The Kier molecular flexibility index (Phi) is 5.58. The van der Waals surface area contributed by atoms with Crippen LogP contribution in [0.1, 0.15) is 24.8 Å². The van der Waals surface area contributed by atoms with Gasteiger partial charge in [-0.05, 0) is 56.1 Å². The lowest BCUT2D eigenvalue weighted by atomic mass is 10.0. The fourth-order valence-corrected chi connectivity index (χ4v) is 4.06. The summed E-state index contributed by atoms with van der Waals surface area (Å²) in [7, 11) is -3.68. The van der Waals surface area contributed by atoms with Crippen LogP contribution in [0.25, 0.3) is 0 Å². The lowest BCUT2D eigenvalue weighted by Crippen LogP contribution is -2.43. The third kappa shape index (κ3) is 4.42. The second kappa shape index (κ2) is 7.88. The molecule has 1 saturated heterocycles. The molecule has 1 amide bonds. The number of aryl methyl sites for hydroxylation is 1. The molecule has 3 rings (SSSR count). The van der Waals surface area contributed by atoms with Crippen LogP contribution in [-0.2, 0) is 14.8 Å². The Bertz CT molecular complexity index is 876. The van der Waals surface area contributed by atoms with Crippen LogP contribution in [0.3, 0.4) is 0 Å². The van der Waals surface area contributed by atoms with Gasteiger partial charge < -0.3 is 10.6 Å². The third-order valence-corrected chi connectivity index (χ3v) is 5.81. The highest BCUT2D eigenvalue weighted by molar-refractivity contribution is 7.92. The van der Waals surface area contributed by atoms with E-state index in [1.807, 2.05) is 6.92 Å². The maximum absolute atomic E-state index is 12.5. The number of rotatable bonds is 5. The number of anilines is 2. The zero-order valence-electron chi connectivity index (χ0n) is 14.7. The number of amides is 1. The van der Waals surface area contributed by atoms with Gasteiger partial charge in [0.1, 0.15) is 0 Å². The average molecular weight is 373 g/mol. The summed E-state index contributed by atoms with van der Waals surface area (Å²) in [6.07, 6.45) is 2.92. The van der Waals surface area contributed by atoms with Gasteiger partial charge >= 0.3 is 0 Å². The molecule has 2 aromatic carbocycles. The Morgan fingerprint density at radius 1 is 1.12 bits per heavy atom. The predicted octanol–water partition coefficient (Wildman–Crippen LogP) is 2.88. The first-order valence-electron chi connectivity index (χ1n) is 8.68. The van der Waals surface area contributed by atoms with Gasteiger partial charge in [-0.1, -0.05) is 30.7 Å². The lowest BCUT2D eigenvalue weighted by Gasteiger charge is -2.22. The van der Waals surface area contributed by atoms with Gasteiger partial charge in [-0.15, -0.1) is 0 Å². The summed E-state index contributed by atoms with van der Waals surface area (Å²) in [6, 6.07) is 13.2. The predicted molar refractivity (Wildman–Crippen MR) is 103 cm³/mol. The van der Waals surface area contributed by atoms with Gasteiger partial charge in [0.25, 0.3) is 10.0 Å². The Morgan fingerprint density at radius 2 is 1.88 bits per heavy atom. The van der Waals surface area contributed by atoms with Crippen molar-refractivity contribution in [3.05, 3.63) is 54.1 Å². The molecule has 26 heavy (non-hydrogen) atoms. The maximum Gasteiger partial charge on any atom is 0.261 e. The van der Waals surface area contributed by atoms with Gasteiger partial charge in [-0.25, -0.2) is 8.42 Å². The minimum atomic E-state index is -3.68. The SMILES string of the molecule is Cc1ccc(NC(=O)C2CCCCN2)cc1NS(=O)(=O)c1ccccc1. The number of carbonyl (C=O) groups is 1. The van der Waals surface area contributed by atoms with Crippen LogP contribution >= 0.6 is 0 Å². The van der Waals surface area contributed by atoms with E-state index in [0.717, 1.165) is 31.4 Å². The first-order chi connectivity index (χ1) is 12.5. The summed E-state index contributed by atoms with van der Waals surface area (Å²) in [5.74, 6) is -0.0922. The minimum absolute atomic E-state index is 0.0922. The molecule has 7 heteroatoms. The summed E-state index contributed by atoms with van der Waals surface area (Å²) in [5.41, 5.74) is 1.79. The lowest BCUT2D eigenvalue weighted by molar-refractivity contribution is -0.118. The van der Waals surface area contributed by atoms with E-state index in [2.05, 4.69) is 15.4 Å². The molecule has 0 aromatic heterocycles. The smallest absolute Gasteiger partial charge is 0.261 e. The van der Waals surface area contributed by atoms with E-state index in [-0.39, 0.29) is 16.8 Å². The summed E-state index contributed by atoms with van der Waals surface area (Å²) in [6.45, 7) is 2.66. The molecule has 0 spiro atoms. The van der Waals surface area contributed by atoms with Crippen LogP contribution in [-0.4, -0.2) is 26.9 Å². The van der Waals surface area contributed by atoms with Crippen LogP contribution in [0, 0.1) is 6.92 Å². The van der Waals surface area contributed by atoms with Gasteiger partial charge in [-0.2, -0.15) is 0 Å². The molecule has 2 aromatic rings. The number of hydrogen-bond donors (Lipinski definition) is 3. The Balaban J connectivity index is 1.76. The Hall–Kier alpha value is -2.38. The number of piperidine rings is 1. The number of sulfonamides is 1. The van der Waals surface area contributed by atoms with E-state index in [1.165, 1.54) is 12.1 Å². The van der Waals surface area contributed by atoms with Gasteiger partial charge in [0.2, 0.25) is 5.91 Å². The van der Waals surface area contributed by atoms with Crippen molar-refractivity contribution in [3.63, 3.8) is 0 Å². The molecule has 0 radical (unpaired) electrons. The van der Waals surface area contributed by atoms with E-state index in [0.29, 0.717) is 11.4 Å². The van der Waals surface area contributed by atoms with Crippen molar-refractivity contribution >= 4 is 27.3 Å². The molecule has 1 atom stereocenters. The first-order valence-corrected chi connectivity index (χ1v) is 10.2. The molecular weight excluding hydrogens is 350 g/mol. The van der Waals surface area contributed by atoms with Crippen LogP contribution in [0.15, 0.2) is 53.4 Å². The molecule has 138 valence electrons. The molecule has 1 aliphatic heterocycles. The van der Waals surface area contributed by atoms with Gasteiger partial charge in [-0.3, -0.25) is 9.52 Å². The number of nitrogens with one attached hydrogen (secondary N) is 3. The van der Waals surface area contributed by atoms with Crippen molar-refractivity contribution < 1.29 is 13.2 Å². The second-order valence-corrected chi connectivity index (χ2v) is 8.12. The van der Waals surface area contributed by atoms with Crippen molar-refractivity contribution in [1.29, 1.82) is 0 Å². The van der Waals surface area contributed by atoms with Crippen molar-refractivity contribution in [2.45, 2.75) is 37.1 Å². The summed E-state index contributed by atoms with van der Waals surface area (Å²) in [4.78, 5) is 12.6. The van der Waals surface area contributed by atoms with E-state index in [9.17, 15) is 13.2 Å². The highest BCUT2D eigenvalue weighted by atomic mass is 32.2. The molecule has 3 N–H and O–H groups in total. The number of hydrogen-bond acceptors (Lipinski definition) is 4. The van der Waals surface area contributed by atoms with E-state index < -0.39 is 10.0 Å². The van der Waals surface area contributed by atoms with E-state index in [4.69, 9.17) is 0 Å². The van der Waals surface area contributed by atoms with Crippen LogP contribution in [0.5, 0.6) is 0 Å². The van der Waals surface area contributed by atoms with Gasteiger partial charge in [0, 0.05) is 5.69 Å². The molecule has 0 bridgehead atoms. The van der Waals surface area contributed by atoms with E-state index in [1.54, 1.807) is 36.4 Å². The maximum atomic E-state index is 12.5. The fraction of sp³-hybridized carbons (Fsp3) is 0.316. The largest absolute Gasteiger partial charge is 0.325 e. The van der Waals surface area contributed by atoms with Crippen molar-refractivity contribution in [2.24, 2.45) is 0 Å². The summed E-state index contributed by atoms with van der Waals surface area (Å²) < 4.78 is 27.7. The van der Waals surface area contributed by atoms with Crippen LogP contribution in [0.2, 0.25) is 0 Å². The zero-order valence-corrected chi connectivity index (χ0v) is 15.5. The molecule has 1 fully saturated rings. The van der Waals surface area contributed by atoms with E-state index >= 15 is 0 Å². The first kappa shape index (κ1) is 18.4. The molecule has 1 heterocycles. The van der Waals surface area contributed by atoms with Crippen LogP contribution in [0.4, 0.5) is 11.4 Å². The minimum Gasteiger partial charge on any atom is -0.325 e. The van der Waals surface area contributed by atoms with Gasteiger partial charge in [0.15, 0.2) is 0 Å². The molecule has 1 unspecified atom stereocenters. The second-order valence-electron chi connectivity index (χ2n) is 6.44. The average Bonchev–Trinajstić information content (AvgIpc) is 2.66. The van der Waals surface area contributed by atoms with Gasteiger partial charge in [0.05, 0.1) is 16.6 Å². The fourth-order valence-electron chi connectivity index (χ4n) is 2.92. The number of benzene rings is 2. The molecule has 6 nitrogen and oxygen atoms in total. The topological polar surface area (TPSA) is 87.3 Å². The quantitative estimate of drug-likeness (QED) is 0.752. The molecular formula is C19H23N3O3S. The van der Waals surface area contributed by atoms with Crippen molar-refractivity contribution in [1.82, 2.24) is 5.32 Å². The van der Waals surface area contributed by atoms with Crippen molar-refractivity contribution in [2.75, 3.05) is 16.6 Å². The summed E-state index contributed by atoms with van der Waals surface area (Å²) >= 11 is 0. The molecule has 0 saturated carbocycles. The normalized spacial score (nSPS) is 17.5. The number of carbonyl (C=O) groups excluding carboxylic acids is 1. The van der Waals surface area contributed by atoms with Crippen molar-refractivity contribution in [3.8, 4) is 0 Å². The highest BCUT2D eigenvalue weighted by Gasteiger charge is 2.21. The standard InChI is InChI=1S/C19H23N3O3S/c1-14-10-11-15(21-19(23)17-9-5-6-12-20-17)13-18(14)22-26(24,25)16-7-3-2-4-8-16/h2-4,7-8,10-11,13,17,20,22H,5-6,9,12H2,1H3,(H,21,23). The Labute approximate surface area is 154 Å². The summed E-state index contributed by atoms with van der Waals surface area (Å²) in [5, 5.41) is 6.07. The molecule has 0 aliphatic carbocycles. The Morgan fingerprint density at radius 3 is 2.58 bits per heavy atom. The monoisotopic (exact) mass is 373 g/mol. The zero-order chi connectivity index (χ0) is 18.6. The highest BCUT2D eigenvalue weighted by Crippen LogP contribution is 2.24. The van der Waals surface area contributed by atoms with Crippen LogP contribution < -0.4 is 15.4 Å².